The summed E-state index contributed by atoms with van der Waals surface area (Å²) in [7, 11) is 0. The average molecular weight is 281 g/mol. The van der Waals surface area contributed by atoms with Crippen molar-refractivity contribution >= 4 is 23.2 Å². The van der Waals surface area contributed by atoms with E-state index in [1.807, 2.05) is 26.2 Å². The summed E-state index contributed by atoms with van der Waals surface area (Å²) >= 11 is 1.54. The predicted octanol–water partition coefficient (Wildman–Crippen LogP) is 1.06. The van der Waals surface area contributed by atoms with Crippen LogP contribution in [0.3, 0.4) is 0 Å². The molecule has 1 unspecified atom stereocenters. The first kappa shape index (κ1) is 14.0. The van der Waals surface area contributed by atoms with Crippen molar-refractivity contribution in [2.45, 2.75) is 33.2 Å². The van der Waals surface area contributed by atoms with Crippen LogP contribution in [0.15, 0.2) is 10.9 Å². The molecule has 1 aliphatic rings. The summed E-state index contributed by atoms with van der Waals surface area (Å²) in [6.45, 7) is 6.57. The van der Waals surface area contributed by atoms with Crippen LogP contribution >= 0.6 is 11.3 Å². The minimum atomic E-state index is -0.441. The minimum absolute atomic E-state index is 0.00216. The Kier molecular flexibility index (Phi) is 3.89. The number of hydrogen-bond acceptors (Lipinski definition) is 4. The van der Waals surface area contributed by atoms with Crippen molar-refractivity contribution in [1.82, 2.24) is 15.2 Å². The van der Waals surface area contributed by atoms with E-state index in [4.69, 9.17) is 0 Å². The molecule has 2 rings (SSSR count). The molecule has 1 N–H and O–H groups in total. The molecule has 2 heterocycles. The number of piperazine rings is 1. The normalized spacial score (nSPS) is 20.6. The fraction of sp³-hybridized carbons (Fsp3) is 0.615. The van der Waals surface area contributed by atoms with Crippen LogP contribution in [-0.2, 0) is 16.0 Å². The molecule has 1 aromatic heterocycles. The maximum absolute atomic E-state index is 12.4. The fourth-order valence-electron chi connectivity index (χ4n) is 2.09. The van der Waals surface area contributed by atoms with E-state index in [2.05, 4.69) is 10.3 Å². The molecule has 1 aromatic rings. The van der Waals surface area contributed by atoms with Gasteiger partial charge in [-0.05, 0) is 5.41 Å². The first-order valence-electron chi connectivity index (χ1n) is 6.33. The van der Waals surface area contributed by atoms with Crippen LogP contribution in [0.4, 0.5) is 0 Å². The highest BCUT2D eigenvalue weighted by molar-refractivity contribution is 7.07. The first-order chi connectivity index (χ1) is 8.88. The van der Waals surface area contributed by atoms with E-state index < -0.39 is 6.04 Å². The number of amides is 2. The van der Waals surface area contributed by atoms with E-state index >= 15 is 0 Å². The predicted molar refractivity (Wildman–Crippen MR) is 73.8 cm³/mol. The lowest BCUT2D eigenvalue weighted by molar-refractivity contribution is -0.147. The maximum atomic E-state index is 12.4. The third kappa shape index (κ3) is 3.32. The Bertz CT molecular complexity index is 465. The molecular weight excluding hydrogens is 262 g/mol. The van der Waals surface area contributed by atoms with Crippen LogP contribution in [0, 0.1) is 5.41 Å². The van der Waals surface area contributed by atoms with E-state index in [1.165, 1.54) is 11.3 Å². The van der Waals surface area contributed by atoms with E-state index in [1.54, 1.807) is 10.4 Å². The van der Waals surface area contributed by atoms with E-state index in [0.717, 1.165) is 5.69 Å². The number of nitrogens with zero attached hydrogens (tertiary/aromatic N) is 2. The van der Waals surface area contributed by atoms with E-state index in [0.29, 0.717) is 13.0 Å². The molecular formula is C13H19N3O2S. The van der Waals surface area contributed by atoms with Gasteiger partial charge in [0.1, 0.15) is 6.04 Å². The lowest BCUT2D eigenvalue weighted by Crippen LogP contribution is -2.62. The molecule has 1 fully saturated rings. The van der Waals surface area contributed by atoms with Gasteiger partial charge in [0, 0.05) is 18.3 Å². The van der Waals surface area contributed by atoms with Crippen LogP contribution in [-0.4, -0.2) is 40.8 Å². The molecule has 2 amide bonds. The molecule has 104 valence electrons. The number of rotatable bonds is 3. The van der Waals surface area contributed by atoms with E-state index in [-0.39, 0.29) is 23.8 Å². The van der Waals surface area contributed by atoms with Crippen molar-refractivity contribution in [3.8, 4) is 0 Å². The summed E-state index contributed by atoms with van der Waals surface area (Å²) in [4.78, 5) is 29.9. The second kappa shape index (κ2) is 5.28. The van der Waals surface area contributed by atoms with Crippen LogP contribution in [0.1, 0.15) is 26.5 Å². The lowest BCUT2D eigenvalue weighted by Gasteiger charge is -2.38. The molecule has 5 nitrogen and oxygen atoms in total. The number of nitrogens with one attached hydrogen (secondary N) is 1. The summed E-state index contributed by atoms with van der Waals surface area (Å²) in [5.74, 6) is -0.0832. The summed E-state index contributed by atoms with van der Waals surface area (Å²) in [6.07, 6.45) is 0.694. The molecule has 0 saturated carbocycles. The molecule has 0 spiro atoms. The van der Waals surface area contributed by atoms with Gasteiger partial charge >= 0.3 is 0 Å². The zero-order chi connectivity index (χ0) is 14.0. The Morgan fingerprint density at radius 1 is 1.47 bits per heavy atom. The average Bonchev–Trinajstić information content (AvgIpc) is 2.81. The SMILES string of the molecule is CC(C)(C)C1NC(=O)CN(CCc2cscn2)C1=O. The van der Waals surface area contributed by atoms with Gasteiger partial charge in [0.05, 0.1) is 17.7 Å². The zero-order valence-corrected chi connectivity index (χ0v) is 12.3. The molecule has 0 radical (unpaired) electrons. The van der Waals surface area contributed by atoms with Crippen molar-refractivity contribution in [2.75, 3.05) is 13.1 Å². The van der Waals surface area contributed by atoms with Gasteiger partial charge in [-0.25, -0.2) is 4.98 Å². The number of thiazole rings is 1. The van der Waals surface area contributed by atoms with Gasteiger partial charge in [0.25, 0.3) is 0 Å². The van der Waals surface area contributed by atoms with Crippen molar-refractivity contribution in [1.29, 1.82) is 0 Å². The molecule has 6 heteroatoms. The second-order valence-electron chi connectivity index (χ2n) is 5.86. The fourth-order valence-corrected chi connectivity index (χ4v) is 2.68. The number of aromatic nitrogens is 1. The lowest BCUT2D eigenvalue weighted by atomic mass is 9.84. The smallest absolute Gasteiger partial charge is 0.246 e. The second-order valence-corrected chi connectivity index (χ2v) is 6.57. The summed E-state index contributed by atoms with van der Waals surface area (Å²) in [5.41, 5.74) is 2.47. The topological polar surface area (TPSA) is 62.3 Å². The van der Waals surface area contributed by atoms with E-state index in [9.17, 15) is 9.59 Å². The summed E-state index contributed by atoms with van der Waals surface area (Å²) in [6, 6.07) is -0.441. The molecule has 1 saturated heterocycles. The highest BCUT2D eigenvalue weighted by atomic mass is 32.1. The monoisotopic (exact) mass is 281 g/mol. The zero-order valence-electron chi connectivity index (χ0n) is 11.5. The quantitative estimate of drug-likeness (QED) is 0.901. The third-order valence-electron chi connectivity index (χ3n) is 3.19. The molecule has 19 heavy (non-hydrogen) atoms. The third-order valence-corrected chi connectivity index (χ3v) is 3.82. The Labute approximate surface area is 117 Å². The number of carbonyl (C=O) groups excluding carboxylic acids is 2. The standard InChI is InChI=1S/C13H19N3O2S/c1-13(2,3)11-12(18)16(6-10(17)15-11)5-4-9-7-19-8-14-9/h7-8,11H,4-6H2,1-3H3,(H,15,17). The van der Waals surface area contributed by atoms with Gasteiger partial charge in [0.2, 0.25) is 11.8 Å². The molecule has 0 bridgehead atoms. The van der Waals surface area contributed by atoms with Gasteiger partial charge in [-0.1, -0.05) is 20.8 Å². The minimum Gasteiger partial charge on any atom is -0.342 e. The number of hydrogen-bond donors (Lipinski definition) is 1. The summed E-state index contributed by atoms with van der Waals surface area (Å²) in [5, 5.41) is 4.75. The van der Waals surface area contributed by atoms with Gasteiger partial charge in [-0.15, -0.1) is 11.3 Å². The number of carbonyl (C=O) groups is 2. The van der Waals surface area contributed by atoms with Crippen molar-refractivity contribution in [3.05, 3.63) is 16.6 Å². The van der Waals surface area contributed by atoms with Gasteiger partial charge in [-0.3, -0.25) is 9.59 Å². The molecule has 0 aliphatic carbocycles. The van der Waals surface area contributed by atoms with Gasteiger partial charge in [-0.2, -0.15) is 0 Å². The van der Waals surface area contributed by atoms with Gasteiger partial charge < -0.3 is 10.2 Å². The molecule has 1 atom stereocenters. The Morgan fingerprint density at radius 2 is 2.21 bits per heavy atom. The van der Waals surface area contributed by atoms with Crippen molar-refractivity contribution < 1.29 is 9.59 Å². The van der Waals surface area contributed by atoms with Crippen LogP contribution in [0.5, 0.6) is 0 Å². The molecule has 1 aliphatic heterocycles. The van der Waals surface area contributed by atoms with Crippen LogP contribution in [0.25, 0.3) is 0 Å². The van der Waals surface area contributed by atoms with Gasteiger partial charge in [0.15, 0.2) is 0 Å². The Balaban J connectivity index is 2.03. The van der Waals surface area contributed by atoms with Crippen LogP contribution < -0.4 is 5.32 Å². The van der Waals surface area contributed by atoms with Crippen LogP contribution in [0.2, 0.25) is 0 Å². The first-order valence-corrected chi connectivity index (χ1v) is 7.27. The summed E-state index contributed by atoms with van der Waals surface area (Å²) < 4.78 is 0. The Morgan fingerprint density at radius 3 is 2.79 bits per heavy atom. The highest BCUT2D eigenvalue weighted by Gasteiger charge is 2.39. The van der Waals surface area contributed by atoms with Crippen molar-refractivity contribution in [2.24, 2.45) is 5.41 Å². The Hall–Kier alpha value is -1.43. The van der Waals surface area contributed by atoms with Crippen molar-refractivity contribution in [3.63, 3.8) is 0 Å². The maximum Gasteiger partial charge on any atom is 0.246 e. The largest absolute Gasteiger partial charge is 0.342 e. The highest BCUT2D eigenvalue weighted by Crippen LogP contribution is 2.23. The molecule has 0 aromatic carbocycles.